The lowest BCUT2D eigenvalue weighted by Crippen LogP contribution is -2.40. The second kappa shape index (κ2) is 6.90. The van der Waals surface area contributed by atoms with Crippen LogP contribution in [0, 0.1) is 6.92 Å². The molecule has 2 aliphatic rings. The maximum absolute atomic E-state index is 13.3. The van der Waals surface area contributed by atoms with Crippen molar-refractivity contribution in [2.75, 3.05) is 31.1 Å². The summed E-state index contributed by atoms with van der Waals surface area (Å²) in [6, 6.07) is 8.34. The molecule has 1 aromatic carbocycles. The number of benzene rings is 1. The lowest BCUT2D eigenvalue weighted by molar-refractivity contribution is 0.0706. The molecule has 4 rings (SSSR count). The molecule has 2 saturated heterocycles. The van der Waals surface area contributed by atoms with Crippen LogP contribution >= 0.6 is 0 Å². The van der Waals surface area contributed by atoms with Gasteiger partial charge in [-0.2, -0.15) is 5.10 Å². The molecule has 1 unspecified atom stereocenters. The third kappa shape index (κ3) is 3.28. The quantitative estimate of drug-likeness (QED) is 0.934. The number of carbonyl (C=O) groups is 1. The fraction of sp³-hybridized carbons (Fsp3) is 0.500. The molecular formula is C20H26N4O. The van der Waals surface area contributed by atoms with Crippen molar-refractivity contribution >= 4 is 11.6 Å². The number of aromatic amines is 1. The average molecular weight is 338 g/mol. The molecule has 5 heteroatoms. The molecule has 0 saturated carbocycles. The van der Waals surface area contributed by atoms with Gasteiger partial charge in [0.15, 0.2) is 0 Å². The molecule has 3 heterocycles. The average Bonchev–Trinajstić information content (AvgIpc) is 3.35. The van der Waals surface area contributed by atoms with E-state index in [4.69, 9.17) is 0 Å². The van der Waals surface area contributed by atoms with E-state index in [1.54, 1.807) is 6.20 Å². The first-order valence-electron chi connectivity index (χ1n) is 9.36. The topological polar surface area (TPSA) is 52.2 Å². The Labute approximate surface area is 149 Å². The van der Waals surface area contributed by atoms with Crippen LogP contribution < -0.4 is 4.90 Å². The minimum atomic E-state index is 0.176. The number of piperidine rings is 1. The van der Waals surface area contributed by atoms with Gasteiger partial charge in [0.1, 0.15) is 0 Å². The van der Waals surface area contributed by atoms with E-state index in [0.29, 0.717) is 5.92 Å². The molecule has 0 spiro atoms. The van der Waals surface area contributed by atoms with Crippen LogP contribution in [0.15, 0.2) is 30.5 Å². The summed E-state index contributed by atoms with van der Waals surface area (Å²) >= 11 is 0. The maximum atomic E-state index is 13.3. The molecule has 1 amide bonds. The Morgan fingerprint density at radius 2 is 2.00 bits per heavy atom. The monoisotopic (exact) mass is 338 g/mol. The van der Waals surface area contributed by atoms with Gasteiger partial charge in [0, 0.05) is 49.7 Å². The van der Waals surface area contributed by atoms with Crippen molar-refractivity contribution in [3.63, 3.8) is 0 Å². The van der Waals surface area contributed by atoms with Gasteiger partial charge >= 0.3 is 0 Å². The molecule has 2 aliphatic heterocycles. The van der Waals surface area contributed by atoms with E-state index in [1.165, 1.54) is 12.8 Å². The number of likely N-dealkylation sites (tertiary alicyclic amines) is 1. The first-order valence-corrected chi connectivity index (χ1v) is 9.36. The van der Waals surface area contributed by atoms with Crippen molar-refractivity contribution in [2.45, 2.75) is 38.5 Å². The summed E-state index contributed by atoms with van der Waals surface area (Å²) < 4.78 is 0. The van der Waals surface area contributed by atoms with Gasteiger partial charge in [0.2, 0.25) is 0 Å². The van der Waals surface area contributed by atoms with E-state index >= 15 is 0 Å². The lowest BCUT2D eigenvalue weighted by atomic mass is 9.94. The summed E-state index contributed by atoms with van der Waals surface area (Å²) in [5.74, 6) is 0.537. The van der Waals surface area contributed by atoms with Crippen molar-refractivity contribution in [1.29, 1.82) is 0 Å². The van der Waals surface area contributed by atoms with Crippen LogP contribution in [-0.4, -0.2) is 47.2 Å². The van der Waals surface area contributed by atoms with Crippen LogP contribution in [-0.2, 0) is 0 Å². The molecule has 25 heavy (non-hydrogen) atoms. The SMILES string of the molecule is Cc1ccc(N2CCCC2)c(C(=O)N2CCCC(c3ccn[nH]3)C2)c1. The molecule has 2 fully saturated rings. The standard InChI is InChI=1S/C20H26N4O/c1-15-6-7-19(23-10-2-3-11-23)17(13-15)20(25)24-12-4-5-16(14-24)18-8-9-21-22-18/h6-9,13,16H,2-5,10-12,14H2,1H3,(H,21,22). The Balaban J connectivity index is 1.58. The number of rotatable bonds is 3. The van der Waals surface area contributed by atoms with Crippen molar-refractivity contribution in [2.24, 2.45) is 0 Å². The Morgan fingerprint density at radius 1 is 1.16 bits per heavy atom. The number of aryl methyl sites for hydroxylation is 1. The van der Waals surface area contributed by atoms with E-state index in [2.05, 4.69) is 40.2 Å². The molecule has 1 atom stereocenters. The highest BCUT2D eigenvalue weighted by Gasteiger charge is 2.28. The number of anilines is 1. The number of amides is 1. The van der Waals surface area contributed by atoms with Gasteiger partial charge in [-0.3, -0.25) is 9.89 Å². The first kappa shape index (κ1) is 16.2. The largest absolute Gasteiger partial charge is 0.371 e. The van der Waals surface area contributed by atoms with E-state index in [0.717, 1.165) is 61.5 Å². The zero-order chi connectivity index (χ0) is 17.2. The fourth-order valence-electron chi connectivity index (χ4n) is 4.13. The van der Waals surface area contributed by atoms with Gasteiger partial charge in [0.05, 0.1) is 5.56 Å². The summed E-state index contributed by atoms with van der Waals surface area (Å²) in [7, 11) is 0. The Kier molecular flexibility index (Phi) is 4.47. The second-order valence-electron chi connectivity index (χ2n) is 7.32. The van der Waals surface area contributed by atoms with Crippen molar-refractivity contribution in [3.05, 3.63) is 47.3 Å². The molecule has 1 N–H and O–H groups in total. The van der Waals surface area contributed by atoms with Crippen molar-refractivity contribution in [3.8, 4) is 0 Å². The number of aromatic nitrogens is 2. The van der Waals surface area contributed by atoms with Gasteiger partial charge in [0.25, 0.3) is 5.91 Å². The number of carbonyl (C=O) groups excluding carboxylic acids is 1. The number of hydrogen-bond acceptors (Lipinski definition) is 3. The third-order valence-electron chi connectivity index (χ3n) is 5.50. The molecule has 1 aromatic heterocycles. The number of nitrogens with one attached hydrogen (secondary N) is 1. The predicted molar refractivity (Wildman–Crippen MR) is 99.1 cm³/mol. The van der Waals surface area contributed by atoms with E-state index < -0.39 is 0 Å². The normalized spacial score (nSPS) is 20.9. The summed E-state index contributed by atoms with van der Waals surface area (Å²) in [6.45, 7) is 5.79. The molecule has 132 valence electrons. The molecule has 0 bridgehead atoms. The van der Waals surface area contributed by atoms with Crippen LogP contribution in [0.2, 0.25) is 0 Å². The predicted octanol–water partition coefficient (Wildman–Crippen LogP) is 3.34. The van der Waals surface area contributed by atoms with Gasteiger partial charge in [-0.15, -0.1) is 0 Å². The zero-order valence-corrected chi connectivity index (χ0v) is 14.9. The van der Waals surface area contributed by atoms with Crippen molar-refractivity contribution < 1.29 is 4.79 Å². The van der Waals surface area contributed by atoms with E-state index in [-0.39, 0.29) is 5.91 Å². The molecule has 5 nitrogen and oxygen atoms in total. The van der Waals surface area contributed by atoms with E-state index in [9.17, 15) is 4.79 Å². The van der Waals surface area contributed by atoms with Crippen LogP contribution in [0.1, 0.15) is 53.2 Å². The zero-order valence-electron chi connectivity index (χ0n) is 14.9. The molecule has 0 radical (unpaired) electrons. The van der Waals surface area contributed by atoms with Gasteiger partial charge in [-0.25, -0.2) is 0 Å². The Bertz CT molecular complexity index is 734. The third-order valence-corrected chi connectivity index (χ3v) is 5.50. The van der Waals surface area contributed by atoms with Crippen LogP contribution in [0.4, 0.5) is 5.69 Å². The van der Waals surface area contributed by atoms with Crippen LogP contribution in [0.3, 0.4) is 0 Å². The van der Waals surface area contributed by atoms with E-state index in [1.807, 2.05) is 11.0 Å². The fourth-order valence-corrected chi connectivity index (χ4v) is 4.13. The highest BCUT2D eigenvalue weighted by atomic mass is 16.2. The minimum Gasteiger partial charge on any atom is -0.371 e. The lowest BCUT2D eigenvalue weighted by Gasteiger charge is -2.33. The maximum Gasteiger partial charge on any atom is 0.255 e. The Hall–Kier alpha value is -2.30. The summed E-state index contributed by atoms with van der Waals surface area (Å²) in [5, 5.41) is 7.14. The van der Waals surface area contributed by atoms with Crippen LogP contribution in [0.25, 0.3) is 0 Å². The highest BCUT2D eigenvalue weighted by Crippen LogP contribution is 2.30. The van der Waals surface area contributed by atoms with Gasteiger partial charge in [-0.05, 0) is 50.8 Å². The molecule has 0 aliphatic carbocycles. The minimum absolute atomic E-state index is 0.176. The number of H-pyrrole nitrogens is 1. The van der Waals surface area contributed by atoms with Crippen molar-refractivity contribution in [1.82, 2.24) is 15.1 Å². The van der Waals surface area contributed by atoms with Gasteiger partial charge < -0.3 is 9.80 Å². The number of nitrogens with zero attached hydrogens (tertiary/aromatic N) is 3. The Morgan fingerprint density at radius 3 is 2.76 bits per heavy atom. The summed E-state index contributed by atoms with van der Waals surface area (Å²) in [5.41, 5.74) is 4.26. The highest BCUT2D eigenvalue weighted by molar-refractivity contribution is 6.00. The summed E-state index contributed by atoms with van der Waals surface area (Å²) in [4.78, 5) is 17.7. The summed E-state index contributed by atoms with van der Waals surface area (Å²) in [6.07, 6.45) is 6.38. The number of hydrogen-bond donors (Lipinski definition) is 1. The second-order valence-corrected chi connectivity index (χ2v) is 7.32. The smallest absolute Gasteiger partial charge is 0.255 e. The molecule has 2 aromatic rings. The van der Waals surface area contributed by atoms with Crippen LogP contribution in [0.5, 0.6) is 0 Å². The first-order chi connectivity index (χ1) is 12.2. The molecular weight excluding hydrogens is 312 g/mol. The van der Waals surface area contributed by atoms with Gasteiger partial charge in [-0.1, -0.05) is 11.6 Å².